The highest BCUT2D eigenvalue weighted by Crippen LogP contribution is 2.35. The zero-order chi connectivity index (χ0) is 21.1. The number of rotatable bonds is 3. The number of imidazole rings is 1. The van der Waals surface area contributed by atoms with Crippen molar-refractivity contribution in [1.29, 1.82) is 0 Å². The standard InChI is InChI=1S/C23H20ClFN6/c1-13-8-20(30-12-15-10-17(30)11-27-15)28-23-21(13)29-22(18-9-14(24)2-3-19(18)25)31(23)16-4-6-26-7-5-16/h2-9,15,17,27H,10-12H2,1H3. The van der Waals surface area contributed by atoms with Crippen LogP contribution >= 0.6 is 11.6 Å². The Kier molecular flexibility index (Phi) is 4.23. The third kappa shape index (κ3) is 2.99. The summed E-state index contributed by atoms with van der Waals surface area (Å²) >= 11 is 6.20. The number of hydrogen-bond donors (Lipinski definition) is 1. The lowest BCUT2D eigenvalue weighted by atomic mass is 10.2. The van der Waals surface area contributed by atoms with Crippen LogP contribution in [0.15, 0.2) is 48.8 Å². The molecule has 0 amide bonds. The lowest BCUT2D eigenvalue weighted by Crippen LogP contribution is -2.44. The molecule has 156 valence electrons. The third-order valence-corrected chi connectivity index (χ3v) is 6.47. The van der Waals surface area contributed by atoms with Crippen molar-refractivity contribution in [2.75, 3.05) is 18.0 Å². The van der Waals surface area contributed by atoms with Gasteiger partial charge in [0.15, 0.2) is 5.65 Å². The van der Waals surface area contributed by atoms with Crippen molar-refractivity contribution in [3.63, 3.8) is 0 Å². The van der Waals surface area contributed by atoms with Crippen LogP contribution in [-0.4, -0.2) is 44.7 Å². The molecule has 6 rings (SSSR count). The predicted octanol–water partition coefficient (Wildman–Crippen LogP) is 4.13. The first kappa shape index (κ1) is 18.7. The van der Waals surface area contributed by atoms with E-state index in [1.807, 2.05) is 23.6 Å². The Hall–Kier alpha value is -3.03. The van der Waals surface area contributed by atoms with Gasteiger partial charge in [-0.25, -0.2) is 14.4 Å². The molecular weight excluding hydrogens is 415 g/mol. The number of aromatic nitrogens is 4. The average molecular weight is 435 g/mol. The van der Waals surface area contributed by atoms with Gasteiger partial charge in [-0.3, -0.25) is 9.55 Å². The summed E-state index contributed by atoms with van der Waals surface area (Å²) in [4.78, 5) is 16.4. The van der Waals surface area contributed by atoms with Gasteiger partial charge in [-0.05, 0) is 55.3 Å². The highest BCUT2D eigenvalue weighted by molar-refractivity contribution is 6.30. The van der Waals surface area contributed by atoms with Crippen molar-refractivity contribution in [2.45, 2.75) is 25.4 Å². The monoisotopic (exact) mass is 434 g/mol. The Balaban J connectivity index is 1.62. The molecule has 2 atom stereocenters. The van der Waals surface area contributed by atoms with Crippen LogP contribution in [0.1, 0.15) is 12.0 Å². The van der Waals surface area contributed by atoms with Gasteiger partial charge < -0.3 is 10.2 Å². The molecule has 8 heteroatoms. The summed E-state index contributed by atoms with van der Waals surface area (Å²) in [6, 6.07) is 11.3. The number of aryl methyl sites for hydroxylation is 1. The zero-order valence-corrected chi connectivity index (χ0v) is 17.6. The summed E-state index contributed by atoms with van der Waals surface area (Å²) in [6.07, 6.45) is 4.56. The van der Waals surface area contributed by atoms with Crippen molar-refractivity contribution < 1.29 is 4.39 Å². The number of piperazine rings is 1. The van der Waals surface area contributed by atoms with E-state index in [4.69, 9.17) is 21.6 Å². The summed E-state index contributed by atoms with van der Waals surface area (Å²) in [7, 11) is 0. The average Bonchev–Trinajstić information content (AvgIpc) is 3.50. The molecule has 1 N–H and O–H groups in total. The van der Waals surface area contributed by atoms with E-state index in [0.29, 0.717) is 34.1 Å². The second kappa shape index (κ2) is 7.00. The molecular formula is C23H20ClFN6. The first-order chi connectivity index (χ1) is 15.1. The smallest absolute Gasteiger partial charge is 0.167 e. The molecule has 0 aliphatic carbocycles. The van der Waals surface area contributed by atoms with Crippen LogP contribution in [0.5, 0.6) is 0 Å². The van der Waals surface area contributed by atoms with E-state index < -0.39 is 0 Å². The van der Waals surface area contributed by atoms with E-state index in [1.165, 1.54) is 12.1 Å². The molecule has 0 saturated carbocycles. The number of halogens is 2. The minimum atomic E-state index is -0.379. The van der Waals surface area contributed by atoms with Gasteiger partial charge in [-0.15, -0.1) is 0 Å². The van der Waals surface area contributed by atoms with Gasteiger partial charge in [-0.2, -0.15) is 0 Å². The highest BCUT2D eigenvalue weighted by atomic mass is 35.5. The number of hydrogen-bond acceptors (Lipinski definition) is 5. The molecule has 2 aliphatic heterocycles. The Labute approximate surface area is 183 Å². The van der Waals surface area contributed by atoms with Crippen LogP contribution in [0, 0.1) is 12.7 Å². The Morgan fingerprint density at radius 1 is 1.13 bits per heavy atom. The second-order valence-corrected chi connectivity index (χ2v) is 8.65. The SMILES string of the molecule is Cc1cc(N2CC3CC2CN3)nc2c1nc(-c1cc(Cl)ccc1F)n2-c1ccncc1. The highest BCUT2D eigenvalue weighted by Gasteiger charge is 2.38. The van der Waals surface area contributed by atoms with Crippen LogP contribution in [0.2, 0.25) is 5.02 Å². The van der Waals surface area contributed by atoms with Crippen molar-refractivity contribution >= 4 is 28.6 Å². The van der Waals surface area contributed by atoms with E-state index in [0.717, 1.165) is 42.1 Å². The molecule has 5 heterocycles. The van der Waals surface area contributed by atoms with Crippen LogP contribution in [0.4, 0.5) is 10.2 Å². The van der Waals surface area contributed by atoms with E-state index in [2.05, 4.69) is 21.3 Å². The van der Waals surface area contributed by atoms with Crippen molar-refractivity contribution in [2.24, 2.45) is 0 Å². The predicted molar refractivity (Wildman–Crippen MR) is 119 cm³/mol. The molecule has 3 aromatic heterocycles. The molecule has 1 aromatic carbocycles. The van der Waals surface area contributed by atoms with Crippen molar-refractivity contribution in [1.82, 2.24) is 24.8 Å². The van der Waals surface area contributed by atoms with Crippen LogP contribution < -0.4 is 10.2 Å². The minimum absolute atomic E-state index is 0.340. The Morgan fingerprint density at radius 3 is 2.71 bits per heavy atom. The summed E-state index contributed by atoms with van der Waals surface area (Å²) in [5, 5.41) is 3.99. The van der Waals surface area contributed by atoms with E-state index in [-0.39, 0.29) is 5.82 Å². The molecule has 2 fully saturated rings. The van der Waals surface area contributed by atoms with E-state index >= 15 is 0 Å². The second-order valence-electron chi connectivity index (χ2n) is 8.22. The normalized spacial score (nSPS) is 20.2. The fourth-order valence-corrected chi connectivity index (χ4v) is 4.93. The lowest BCUT2D eigenvalue weighted by molar-refractivity contribution is 0.576. The summed E-state index contributed by atoms with van der Waals surface area (Å²) < 4.78 is 16.7. The molecule has 6 nitrogen and oxygen atoms in total. The Morgan fingerprint density at radius 2 is 1.97 bits per heavy atom. The summed E-state index contributed by atoms with van der Waals surface area (Å²) in [5.74, 6) is 1.03. The number of pyridine rings is 2. The summed E-state index contributed by atoms with van der Waals surface area (Å²) in [5.41, 5.74) is 3.61. The van der Waals surface area contributed by atoms with E-state index in [1.54, 1.807) is 18.5 Å². The van der Waals surface area contributed by atoms with Crippen molar-refractivity contribution in [3.8, 4) is 17.1 Å². The number of anilines is 1. The number of nitrogens with one attached hydrogen (secondary N) is 1. The van der Waals surface area contributed by atoms with Gasteiger partial charge in [0.05, 0.1) is 11.3 Å². The molecule has 4 aromatic rings. The first-order valence-electron chi connectivity index (χ1n) is 10.3. The van der Waals surface area contributed by atoms with Gasteiger partial charge in [0.25, 0.3) is 0 Å². The lowest BCUT2D eigenvalue weighted by Gasteiger charge is -2.28. The number of nitrogens with zero attached hydrogens (tertiary/aromatic N) is 5. The largest absolute Gasteiger partial charge is 0.351 e. The maximum absolute atomic E-state index is 14.8. The van der Waals surface area contributed by atoms with Gasteiger partial charge in [-0.1, -0.05) is 11.6 Å². The molecule has 0 radical (unpaired) electrons. The zero-order valence-electron chi connectivity index (χ0n) is 16.9. The first-order valence-corrected chi connectivity index (χ1v) is 10.7. The third-order valence-electron chi connectivity index (χ3n) is 6.23. The molecule has 2 unspecified atom stereocenters. The molecule has 0 spiro atoms. The minimum Gasteiger partial charge on any atom is -0.351 e. The van der Waals surface area contributed by atoms with Crippen LogP contribution in [-0.2, 0) is 0 Å². The molecule has 31 heavy (non-hydrogen) atoms. The van der Waals surface area contributed by atoms with E-state index in [9.17, 15) is 4.39 Å². The molecule has 2 saturated heterocycles. The van der Waals surface area contributed by atoms with Crippen LogP contribution in [0.3, 0.4) is 0 Å². The number of benzene rings is 1. The molecule has 2 bridgehead atoms. The Bertz CT molecular complexity index is 1300. The van der Waals surface area contributed by atoms with Gasteiger partial charge >= 0.3 is 0 Å². The van der Waals surface area contributed by atoms with Gasteiger partial charge in [0.1, 0.15) is 23.0 Å². The summed E-state index contributed by atoms with van der Waals surface area (Å²) in [6.45, 7) is 3.95. The maximum Gasteiger partial charge on any atom is 0.167 e. The van der Waals surface area contributed by atoms with Gasteiger partial charge in [0, 0.05) is 42.6 Å². The fraction of sp³-hybridized carbons (Fsp3) is 0.261. The van der Waals surface area contributed by atoms with Gasteiger partial charge in [0.2, 0.25) is 0 Å². The van der Waals surface area contributed by atoms with Crippen molar-refractivity contribution in [3.05, 3.63) is 65.2 Å². The quantitative estimate of drug-likeness (QED) is 0.525. The molecule has 2 aliphatic rings. The topological polar surface area (TPSA) is 58.9 Å². The maximum atomic E-state index is 14.8. The fourth-order valence-electron chi connectivity index (χ4n) is 4.76. The van der Waals surface area contributed by atoms with Crippen LogP contribution in [0.25, 0.3) is 28.2 Å². The number of fused-ring (bicyclic) bond motifs is 3.